The van der Waals surface area contributed by atoms with Crippen molar-refractivity contribution in [1.82, 2.24) is 19.7 Å². The van der Waals surface area contributed by atoms with Crippen molar-refractivity contribution in [3.8, 4) is 0 Å². The zero-order chi connectivity index (χ0) is 16.0. The molecule has 1 aromatic heterocycles. The van der Waals surface area contributed by atoms with Crippen LogP contribution in [0.2, 0.25) is 0 Å². The van der Waals surface area contributed by atoms with E-state index in [4.69, 9.17) is 5.73 Å². The number of benzene rings is 1. The number of rotatable bonds is 4. The van der Waals surface area contributed by atoms with Gasteiger partial charge in [0.05, 0.1) is 6.54 Å². The van der Waals surface area contributed by atoms with Crippen molar-refractivity contribution in [2.24, 2.45) is 12.8 Å². The van der Waals surface area contributed by atoms with Gasteiger partial charge in [-0.2, -0.15) is 0 Å². The molecule has 1 aromatic carbocycles. The Morgan fingerprint density at radius 2 is 2.09 bits per heavy atom. The van der Waals surface area contributed by atoms with Gasteiger partial charge in [-0.1, -0.05) is 24.3 Å². The van der Waals surface area contributed by atoms with Crippen LogP contribution in [0.1, 0.15) is 47.6 Å². The minimum atomic E-state index is -0.388. The number of hydrogen-bond donors (Lipinski definition) is 1. The first-order valence-electron chi connectivity index (χ1n) is 8.14. The summed E-state index contributed by atoms with van der Waals surface area (Å²) in [6, 6.07) is 7.67. The molecule has 4 rings (SSSR count). The summed E-state index contributed by atoms with van der Waals surface area (Å²) in [6.45, 7) is 1.40. The molecule has 2 N–H and O–H groups in total. The van der Waals surface area contributed by atoms with E-state index in [2.05, 4.69) is 25.7 Å². The van der Waals surface area contributed by atoms with E-state index >= 15 is 0 Å². The summed E-state index contributed by atoms with van der Waals surface area (Å²) >= 11 is 0. The lowest BCUT2D eigenvalue weighted by Crippen LogP contribution is -2.42. The van der Waals surface area contributed by atoms with Gasteiger partial charge in [0.15, 0.2) is 0 Å². The second kappa shape index (κ2) is 5.45. The van der Waals surface area contributed by atoms with E-state index in [1.165, 1.54) is 18.4 Å². The molecule has 1 atom stereocenters. The molecule has 1 fully saturated rings. The Balaban J connectivity index is 1.62. The molecule has 6 heteroatoms. The number of carbonyl (C=O) groups excluding carboxylic acids is 1. The van der Waals surface area contributed by atoms with Crippen molar-refractivity contribution < 1.29 is 4.79 Å². The van der Waals surface area contributed by atoms with Crippen LogP contribution in [-0.4, -0.2) is 32.1 Å². The van der Waals surface area contributed by atoms with E-state index in [1.54, 1.807) is 0 Å². The molecule has 1 unspecified atom stereocenters. The van der Waals surface area contributed by atoms with Gasteiger partial charge in [-0.25, -0.2) is 0 Å². The molecule has 1 amide bonds. The molecule has 1 saturated carbocycles. The van der Waals surface area contributed by atoms with E-state index in [0.29, 0.717) is 12.5 Å². The summed E-state index contributed by atoms with van der Waals surface area (Å²) < 4.78 is 2.08. The largest absolute Gasteiger partial charge is 0.368 e. The highest BCUT2D eigenvalue weighted by molar-refractivity contribution is 5.82. The second-order valence-electron chi connectivity index (χ2n) is 6.53. The lowest BCUT2D eigenvalue weighted by atomic mass is 9.92. The molecule has 0 bridgehead atoms. The van der Waals surface area contributed by atoms with Gasteiger partial charge in [0.25, 0.3) is 0 Å². The summed E-state index contributed by atoms with van der Waals surface area (Å²) in [6.07, 6.45) is 3.33. The fourth-order valence-electron chi connectivity index (χ4n) is 3.51. The Kier molecular flexibility index (Phi) is 3.41. The number of nitrogens with two attached hydrogens (primary N) is 1. The van der Waals surface area contributed by atoms with E-state index in [-0.39, 0.29) is 11.9 Å². The first-order valence-corrected chi connectivity index (χ1v) is 8.14. The fourth-order valence-corrected chi connectivity index (χ4v) is 3.51. The van der Waals surface area contributed by atoms with Gasteiger partial charge >= 0.3 is 0 Å². The summed E-state index contributed by atoms with van der Waals surface area (Å²) in [5.41, 5.74) is 7.94. The van der Waals surface area contributed by atoms with E-state index in [1.807, 2.05) is 25.2 Å². The van der Waals surface area contributed by atoms with Gasteiger partial charge in [0.2, 0.25) is 5.91 Å². The Morgan fingerprint density at radius 3 is 2.83 bits per heavy atom. The van der Waals surface area contributed by atoms with Gasteiger partial charge in [-0.15, -0.1) is 10.2 Å². The van der Waals surface area contributed by atoms with Crippen LogP contribution in [0, 0.1) is 0 Å². The number of amides is 1. The van der Waals surface area contributed by atoms with Crippen LogP contribution in [0.5, 0.6) is 0 Å². The normalized spacial score (nSPS) is 21.2. The van der Waals surface area contributed by atoms with Crippen molar-refractivity contribution in [3.05, 3.63) is 47.0 Å². The van der Waals surface area contributed by atoms with Crippen LogP contribution in [0.3, 0.4) is 0 Å². The van der Waals surface area contributed by atoms with Crippen LogP contribution in [0.4, 0.5) is 0 Å². The van der Waals surface area contributed by atoms with Crippen molar-refractivity contribution in [2.45, 2.75) is 37.8 Å². The Hall–Kier alpha value is -2.21. The van der Waals surface area contributed by atoms with Crippen LogP contribution in [0.25, 0.3) is 0 Å². The molecule has 2 heterocycles. The van der Waals surface area contributed by atoms with Crippen LogP contribution < -0.4 is 5.73 Å². The minimum Gasteiger partial charge on any atom is -0.368 e. The maximum Gasteiger partial charge on any atom is 0.239 e. The lowest BCUT2D eigenvalue weighted by molar-refractivity contribution is -0.124. The van der Waals surface area contributed by atoms with E-state index in [0.717, 1.165) is 30.2 Å². The standard InChI is InChI=1S/C17H21N5O/c1-21-14(19-20-17(21)12-6-7-12)10-22-9-8-11-4-2-3-5-13(11)15(22)16(18)23/h2-5,12,15H,6-10H2,1H3,(H2,18,23). The molecule has 0 radical (unpaired) electrons. The van der Waals surface area contributed by atoms with E-state index < -0.39 is 0 Å². The van der Waals surface area contributed by atoms with Crippen LogP contribution >= 0.6 is 0 Å². The highest BCUT2D eigenvalue weighted by Crippen LogP contribution is 2.39. The SMILES string of the molecule is Cn1c(CN2CCc3ccccc3C2C(N)=O)nnc1C1CC1. The Labute approximate surface area is 135 Å². The van der Waals surface area contributed by atoms with E-state index in [9.17, 15) is 4.79 Å². The van der Waals surface area contributed by atoms with Gasteiger partial charge in [-0.3, -0.25) is 9.69 Å². The third-order valence-corrected chi connectivity index (χ3v) is 4.94. The van der Waals surface area contributed by atoms with Gasteiger partial charge in [0, 0.05) is 19.5 Å². The Bertz CT molecular complexity index is 749. The predicted molar refractivity (Wildman–Crippen MR) is 85.5 cm³/mol. The van der Waals surface area contributed by atoms with Crippen LogP contribution in [-0.2, 0) is 24.8 Å². The first-order chi connectivity index (χ1) is 11.1. The van der Waals surface area contributed by atoms with Gasteiger partial charge in [-0.05, 0) is 30.4 Å². The van der Waals surface area contributed by atoms with Crippen molar-refractivity contribution >= 4 is 5.91 Å². The molecule has 6 nitrogen and oxygen atoms in total. The zero-order valence-corrected chi connectivity index (χ0v) is 13.3. The monoisotopic (exact) mass is 311 g/mol. The molecule has 2 aliphatic rings. The fraction of sp³-hybridized carbons (Fsp3) is 0.471. The maximum absolute atomic E-state index is 12.1. The summed E-state index contributed by atoms with van der Waals surface area (Å²) in [4.78, 5) is 14.2. The van der Waals surface area contributed by atoms with Crippen molar-refractivity contribution in [3.63, 3.8) is 0 Å². The second-order valence-corrected chi connectivity index (χ2v) is 6.53. The average Bonchev–Trinajstić information content (AvgIpc) is 3.32. The lowest BCUT2D eigenvalue weighted by Gasteiger charge is -2.34. The number of fused-ring (bicyclic) bond motifs is 1. The molecule has 2 aromatic rings. The molecular formula is C17H21N5O. The molecule has 1 aliphatic carbocycles. The third-order valence-electron chi connectivity index (χ3n) is 4.94. The number of nitrogens with zero attached hydrogens (tertiary/aromatic N) is 4. The molecular weight excluding hydrogens is 290 g/mol. The van der Waals surface area contributed by atoms with Crippen LogP contribution in [0.15, 0.2) is 24.3 Å². The molecule has 0 saturated heterocycles. The molecule has 120 valence electrons. The highest BCUT2D eigenvalue weighted by Gasteiger charge is 2.33. The molecule has 1 aliphatic heterocycles. The van der Waals surface area contributed by atoms with Gasteiger partial charge < -0.3 is 10.3 Å². The van der Waals surface area contributed by atoms with Crippen molar-refractivity contribution in [2.75, 3.05) is 6.54 Å². The number of hydrogen-bond acceptors (Lipinski definition) is 4. The third kappa shape index (κ3) is 2.53. The summed E-state index contributed by atoms with van der Waals surface area (Å²) in [5.74, 6) is 2.22. The highest BCUT2D eigenvalue weighted by atomic mass is 16.1. The smallest absolute Gasteiger partial charge is 0.239 e. The van der Waals surface area contributed by atoms with Crippen molar-refractivity contribution in [1.29, 1.82) is 0 Å². The Morgan fingerprint density at radius 1 is 1.30 bits per heavy atom. The molecule has 23 heavy (non-hydrogen) atoms. The predicted octanol–water partition coefficient (Wildman–Crippen LogP) is 1.28. The quantitative estimate of drug-likeness (QED) is 0.922. The zero-order valence-electron chi connectivity index (χ0n) is 13.3. The first kappa shape index (κ1) is 14.4. The van der Waals surface area contributed by atoms with Gasteiger partial charge in [0.1, 0.15) is 17.7 Å². The number of primary amides is 1. The number of carbonyl (C=O) groups is 1. The minimum absolute atomic E-state index is 0.304. The topological polar surface area (TPSA) is 77.0 Å². The maximum atomic E-state index is 12.1. The summed E-state index contributed by atoms with van der Waals surface area (Å²) in [5, 5.41) is 8.67. The number of aromatic nitrogens is 3. The average molecular weight is 311 g/mol. The summed E-state index contributed by atoms with van der Waals surface area (Å²) in [7, 11) is 2.01. The molecule has 0 spiro atoms.